The van der Waals surface area contributed by atoms with Gasteiger partial charge in [0.2, 0.25) is 5.95 Å². The number of nitrogens with one attached hydrogen (secondary N) is 2. The number of hydrogen-bond acceptors (Lipinski definition) is 4. The minimum atomic E-state index is -4.73. The molecule has 0 spiro atoms. The highest BCUT2D eigenvalue weighted by atomic mass is 35.5. The zero-order chi connectivity index (χ0) is 20.5. The Hall–Kier alpha value is -2.23. The molecule has 11 heteroatoms. The molecule has 28 heavy (non-hydrogen) atoms. The first kappa shape index (κ1) is 20.5. The molecule has 1 fully saturated rings. The van der Waals surface area contributed by atoms with Crippen LogP contribution in [-0.2, 0) is 12.4 Å². The van der Waals surface area contributed by atoms with Crippen LogP contribution in [0.4, 0.5) is 43.8 Å². The average Bonchev–Trinajstić information content (AvgIpc) is 3.07. The molecule has 0 amide bonds. The van der Waals surface area contributed by atoms with E-state index >= 15 is 0 Å². The van der Waals surface area contributed by atoms with E-state index in [0.717, 1.165) is 31.7 Å². The van der Waals surface area contributed by atoms with Gasteiger partial charge in [0.1, 0.15) is 5.82 Å². The molecule has 4 nitrogen and oxygen atoms in total. The maximum absolute atomic E-state index is 13.2. The third kappa shape index (κ3) is 4.98. The number of halogens is 7. The van der Waals surface area contributed by atoms with Crippen molar-refractivity contribution in [2.75, 3.05) is 10.6 Å². The monoisotopic (exact) mass is 424 g/mol. The number of nitrogens with zero attached hydrogens (tertiary/aromatic N) is 2. The van der Waals surface area contributed by atoms with Crippen molar-refractivity contribution < 1.29 is 26.3 Å². The minimum absolute atomic E-state index is 0.0382. The first-order chi connectivity index (χ1) is 13.0. The van der Waals surface area contributed by atoms with Gasteiger partial charge in [-0.25, -0.2) is 4.98 Å². The number of aromatic nitrogens is 2. The normalized spacial score (nSPS) is 15.7. The van der Waals surface area contributed by atoms with Crippen molar-refractivity contribution in [3.05, 3.63) is 40.5 Å². The summed E-state index contributed by atoms with van der Waals surface area (Å²) in [5.74, 6) is -0.507. The van der Waals surface area contributed by atoms with Crippen molar-refractivity contribution >= 4 is 29.1 Å². The number of benzene rings is 1. The molecule has 152 valence electrons. The van der Waals surface area contributed by atoms with Gasteiger partial charge in [0, 0.05) is 17.8 Å². The molecular formula is C17H15ClF6N4. The van der Waals surface area contributed by atoms with Crippen molar-refractivity contribution in [1.29, 1.82) is 0 Å². The lowest BCUT2D eigenvalue weighted by Gasteiger charge is -2.16. The van der Waals surface area contributed by atoms with Gasteiger partial charge in [-0.2, -0.15) is 31.3 Å². The molecule has 1 saturated carbocycles. The largest absolute Gasteiger partial charge is 0.433 e. The maximum Gasteiger partial charge on any atom is 0.433 e. The summed E-state index contributed by atoms with van der Waals surface area (Å²) in [6, 6.07) is 3.54. The highest BCUT2D eigenvalue weighted by Crippen LogP contribution is 2.37. The summed E-state index contributed by atoms with van der Waals surface area (Å²) < 4.78 is 78.4. The minimum Gasteiger partial charge on any atom is -0.351 e. The third-order valence-corrected chi connectivity index (χ3v) is 4.58. The fourth-order valence-corrected chi connectivity index (χ4v) is 3.17. The summed E-state index contributed by atoms with van der Waals surface area (Å²) in [4.78, 5) is 7.46. The third-order valence-electron chi connectivity index (χ3n) is 4.25. The Balaban J connectivity index is 1.92. The van der Waals surface area contributed by atoms with Crippen molar-refractivity contribution in [2.45, 2.75) is 44.1 Å². The predicted molar refractivity (Wildman–Crippen MR) is 92.6 cm³/mol. The lowest BCUT2D eigenvalue weighted by Crippen LogP contribution is -2.19. The molecule has 0 bridgehead atoms. The molecule has 0 aliphatic heterocycles. The van der Waals surface area contributed by atoms with E-state index in [0.29, 0.717) is 12.1 Å². The highest BCUT2D eigenvalue weighted by molar-refractivity contribution is 6.31. The lowest BCUT2D eigenvalue weighted by molar-refractivity contribution is -0.141. The Labute approximate surface area is 161 Å². The molecule has 1 aromatic heterocycles. The topological polar surface area (TPSA) is 49.8 Å². The summed E-state index contributed by atoms with van der Waals surface area (Å²) in [5.41, 5.74) is -2.40. The zero-order valence-corrected chi connectivity index (χ0v) is 15.0. The van der Waals surface area contributed by atoms with Gasteiger partial charge < -0.3 is 10.6 Å². The van der Waals surface area contributed by atoms with E-state index in [9.17, 15) is 26.3 Å². The van der Waals surface area contributed by atoms with Crippen LogP contribution in [0.15, 0.2) is 24.3 Å². The van der Waals surface area contributed by atoms with Crippen LogP contribution < -0.4 is 10.6 Å². The van der Waals surface area contributed by atoms with Crippen LogP contribution in [-0.4, -0.2) is 16.0 Å². The van der Waals surface area contributed by atoms with Gasteiger partial charge in [0.05, 0.1) is 10.6 Å². The first-order valence-electron chi connectivity index (χ1n) is 8.39. The molecule has 1 aliphatic rings. The Morgan fingerprint density at radius 2 is 1.61 bits per heavy atom. The van der Waals surface area contributed by atoms with E-state index in [-0.39, 0.29) is 23.5 Å². The van der Waals surface area contributed by atoms with Gasteiger partial charge >= 0.3 is 12.4 Å². The second-order valence-corrected chi connectivity index (χ2v) is 6.81. The van der Waals surface area contributed by atoms with Gasteiger partial charge in [0.25, 0.3) is 0 Å². The number of rotatable bonds is 4. The van der Waals surface area contributed by atoms with E-state index < -0.39 is 28.6 Å². The zero-order valence-electron chi connectivity index (χ0n) is 14.3. The standard InChI is InChI=1S/C17H15ClF6N4/c18-12-6-5-10(7-11(12)16(19,20)21)25-14-8-13(17(22,23)24)27-15(28-14)26-9-3-1-2-4-9/h5-9H,1-4H2,(H2,25,26,27,28). The Morgan fingerprint density at radius 3 is 2.21 bits per heavy atom. The number of alkyl halides is 6. The summed E-state index contributed by atoms with van der Waals surface area (Å²) in [7, 11) is 0. The molecule has 0 radical (unpaired) electrons. The number of hydrogen-bond donors (Lipinski definition) is 2. The molecule has 0 unspecified atom stereocenters. The van der Waals surface area contributed by atoms with Crippen LogP contribution in [0.5, 0.6) is 0 Å². The predicted octanol–water partition coefficient (Wildman–Crippen LogP) is 6.27. The SMILES string of the molecule is FC(F)(F)c1cc(Nc2ccc(Cl)c(C(F)(F)F)c2)nc(NC2CCCC2)n1. The van der Waals surface area contributed by atoms with Crippen molar-refractivity contribution in [3.8, 4) is 0 Å². The van der Waals surface area contributed by atoms with Gasteiger partial charge in [-0.05, 0) is 31.0 Å². The molecule has 1 aliphatic carbocycles. The molecule has 3 rings (SSSR count). The van der Waals surface area contributed by atoms with Crippen LogP contribution in [0.2, 0.25) is 5.02 Å². The molecule has 2 N–H and O–H groups in total. The van der Waals surface area contributed by atoms with Crippen LogP contribution in [0.25, 0.3) is 0 Å². The smallest absolute Gasteiger partial charge is 0.351 e. The quantitative estimate of drug-likeness (QED) is 0.568. The molecule has 1 heterocycles. The van der Waals surface area contributed by atoms with E-state index in [1.807, 2.05) is 0 Å². The van der Waals surface area contributed by atoms with Crippen LogP contribution in [0.1, 0.15) is 36.9 Å². The van der Waals surface area contributed by atoms with Crippen LogP contribution in [0.3, 0.4) is 0 Å². The van der Waals surface area contributed by atoms with Crippen molar-refractivity contribution in [3.63, 3.8) is 0 Å². The van der Waals surface area contributed by atoms with Crippen LogP contribution in [0, 0.1) is 0 Å². The van der Waals surface area contributed by atoms with E-state index in [1.54, 1.807) is 0 Å². The molecule has 0 saturated heterocycles. The molecular weight excluding hydrogens is 410 g/mol. The second-order valence-electron chi connectivity index (χ2n) is 6.40. The Bertz CT molecular complexity index is 847. The summed E-state index contributed by atoms with van der Waals surface area (Å²) in [5, 5.41) is 4.82. The summed E-state index contributed by atoms with van der Waals surface area (Å²) >= 11 is 5.56. The van der Waals surface area contributed by atoms with Crippen molar-refractivity contribution in [2.24, 2.45) is 0 Å². The lowest BCUT2D eigenvalue weighted by atomic mass is 10.2. The van der Waals surface area contributed by atoms with E-state index in [4.69, 9.17) is 11.6 Å². The fraction of sp³-hybridized carbons (Fsp3) is 0.412. The second kappa shape index (κ2) is 7.65. The van der Waals surface area contributed by atoms with Gasteiger partial charge in [0.15, 0.2) is 5.69 Å². The molecule has 1 aromatic carbocycles. The van der Waals surface area contributed by atoms with Crippen LogP contribution >= 0.6 is 11.6 Å². The van der Waals surface area contributed by atoms with Gasteiger partial charge in [-0.3, -0.25) is 0 Å². The summed E-state index contributed by atoms with van der Waals surface area (Å²) in [6.45, 7) is 0. The Kier molecular flexibility index (Phi) is 5.60. The van der Waals surface area contributed by atoms with Gasteiger partial charge in [-0.15, -0.1) is 0 Å². The average molecular weight is 425 g/mol. The molecule has 0 atom stereocenters. The number of anilines is 3. The maximum atomic E-state index is 13.2. The Morgan fingerprint density at radius 1 is 0.929 bits per heavy atom. The highest BCUT2D eigenvalue weighted by Gasteiger charge is 2.35. The summed E-state index contributed by atoms with van der Waals surface area (Å²) in [6.07, 6.45) is -5.96. The first-order valence-corrected chi connectivity index (χ1v) is 8.77. The van der Waals surface area contributed by atoms with E-state index in [1.165, 1.54) is 6.07 Å². The van der Waals surface area contributed by atoms with Crippen molar-refractivity contribution in [1.82, 2.24) is 9.97 Å². The van der Waals surface area contributed by atoms with E-state index in [2.05, 4.69) is 20.6 Å². The molecule has 2 aromatic rings. The fourth-order valence-electron chi connectivity index (χ4n) is 2.94. The van der Waals surface area contributed by atoms with Gasteiger partial charge in [-0.1, -0.05) is 24.4 Å².